The van der Waals surface area contributed by atoms with Crippen molar-refractivity contribution in [2.24, 2.45) is 23.2 Å². The second-order valence-corrected chi connectivity index (χ2v) is 15.6. The molecular formula is C33H38ClN4OP. The van der Waals surface area contributed by atoms with Crippen LogP contribution in [0, 0.1) is 23.2 Å². The van der Waals surface area contributed by atoms with Gasteiger partial charge in [-0.15, -0.1) is 16.7 Å². The van der Waals surface area contributed by atoms with Crippen molar-refractivity contribution in [1.82, 2.24) is 10.2 Å². The van der Waals surface area contributed by atoms with E-state index in [1.807, 2.05) is 66.9 Å². The molecule has 4 aliphatic carbocycles. The van der Waals surface area contributed by atoms with E-state index in [4.69, 9.17) is 11.6 Å². The molecule has 0 saturated heterocycles. The molecule has 3 aromatic rings. The number of nitrogens with one attached hydrogen (secondary N) is 2. The van der Waals surface area contributed by atoms with E-state index in [9.17, 15) is 0 Å². The summed E-state index contributed by atoms with van der Waals surface area (Å²) in [6, 6.07) is 19.6. The van der Waals surface area contributed by atoms with Crippen LogP contribution in [0.1, 0.15) is 63.5 Å². The minimum absolute atomic E-state index is 0.0977. The molecule has 208 valence electrons. The Morgan fingerprint density at radius 3 is 2.20 bits per heavy atom. The van der Waals surface area contributed by atoms with Crippen LogP contribution < -0.4 is 15.6 Å². The zero-order chi connectivity index (χ0) is 27.5. The lowest BCUT2D eigenvalue weighted by Gasteiger charge is -2.57. The predicted molar refractivity (Wildman–Crippen MR) is 164 cm³/mol. The predicted octanol–water partition coefficient (Wildman–Crippen LogP) is 8.10. The molecule has 2 fully saturated rings. The summed E-state index contributed by atoms with van der Waals surface area (Å²) >= 11 is 6.63. The number of para-hydroxylation sites is 2. The maximum absolute atomic E-state index is 15.1. The standard InChI is InChI=1S/C33H38ClN4OP/c1-32-17-15-24(34)20-23(32)13-14-27-28(32)16-18-33(2)29(27)19-22-21-35-36-31(30(22)33)40(39,37-25-9-5-3-6-10-25)38-26-11-7-4-8-12-26/h3-13,21,24,27-29H,14-20H2,1-2H3,(H2,37,38,39)/t24?,27-,28+,29+,32+,33+/m1/s1. The van der Waals surface area contributed by atoms with Gasteiger partial charge in [-0.2, -0.15) is 5.10 Å². The molecule has 4 aliphatic rings. The first-order valence-electron chi connectivity index (χ1n) is 14.8. The van der Waals surface area contributed by atoms with Crippen molar-refractivity contribution in [3.8, 4) is 0 Å². The highest BCUT2D eigenvalue weighted by Gasteiger charge is 2.59. The van der Waals surface area contributed by atoms with Gasteiger partial charge in [0.2, 0.25) is 0 Å². The highest BCUT2D eigenvalue weighted by molar-refractivity contribution is 7.74. The number of allylic oxidation sites excluding steroid dienone is 2. The molecule has 0 bridgehead atoms. The third-order valence-corrected chi connectivity index (χ3v) is 13.2. The van der Waals surface area contributed by atoms with Crippen LogP contribution >= 0.6 is 19.0 Å². The SMILES string of the molecule is C[C@]12CCC(Cl)CC1=CC[C@@H]1[C@@H]2CC[C@]2(C)c3c(cnnc3P(=O)(Nc3ccccc3)Nc3ccccc3)C[C@@H]12. The smallest absolute Gasteiger partial charge is 0.307 e. The maximum atomic E-state index is 15.1. The van der Waals surface area contributed by atoms with Crippen LogP contribution in [0.3, 0.4) is 0 Å². The second kappa shape index (κ2) is 9.74. The van der Waals surface area contributed by atoms with Crippen LogP contribution in [0.15, 0.2) is 78.5 Å². The molecule has 2 saturated carbocycles. The molecule has 0 radical (unpaired) electrons. The van der Waals surface area contributed by atoms with Gasteiger partial charge in [0.05, 0.1) is 6.20 Å². The van der Waals surface area contributed by atoms with Gasteiger partial charge < -0.3 is 10.2 Å². The second-order valence-electron chi connectivity index (χ2n) is 12.9. The Morgan fingerprint density at radius 2 is 1.52 bits per heavy atom. The van der Waals surface area contributed by atoms with Crippen molar-refractivity contribution in [2.75, 3.05) is 10.2 Å². The lowest BCUT2D eigenvalue weighted by Crippen LogP contribution is -2.51. The van der Waals surface area contributed by atoms with Gasteiger partial charge >= 0.3 is 7.44 Å². The molecule has 1 aromatic heterocycles. The Balaban J connectivity index is 1.30. The van der Waals surface area contributed by atoms with Crippen LogP contribution in [-0.2, 0) is 16.4 Å². The van der Waals surface area contributed by atoms with Crippen LogP contribution in [0.5, 0.6) is 0 Å². The summed E-state index contributed by atoms with van der Waals surface area (Å²) in [4.78, 5) is 0. The number of rotatable bonds is 5. The molecule has 2 N–H and O–H groups in total. The molecule has 2 aromatic carbocycles. The van der Waals surface area contributed by atoms with Gasteiger partial charge in [0.15, 0.2) is 5.44 Å². The number of fused-ring (bicyclic) bond motifs is 7. The summed E-state index contributed by atoms with van der Waals surface area (Å²) in [6.07, 6.45) is 12.2. The van der Waals surface area contributed by atoms with Crippen LogP contribution in [-0.4, -0.2) is 15.6 Å². The number of aromatic nitrogens is 2. The molecule has 0 amide bonds. The topological polar surface area (TPSA) is 66.9 Å². The van der Waals surface area contributed by atoms with E-state index in [1.165, 1.54) is 18.4 Å². The first-order valence-corrected chi connectivity index (χ1v) is 16.9. The van der Waals surface area contributed by atoms with Gasteiger partial charge in [0.1, 0.15) is 0 Å². The highest BCUT2D eigenvalue weighted by Crippen LogP contribution is 2.65. The Kier molecular flexibility index (Phi) is 6.40. The van der Waals surface area contributed by atoms with Crippen LogP contribution in [0.25, 0.3) is 0 Å². The molecule has 7 heteroatoms. The van der Waals surface area contributed by atoms with E-state index in [0.717, 1.165) is 49.0 Å². The Hall–Kier alpha value is -2.62. The van der Waals surface area contributed by atoms with Crippen molar-refractivity contribution < 1.29 is 4.57 Å². The van der Waals surface area contributed by atoms with Gasteiger partial charge in [-0.25, -0.2) is 0 Å². The maximum Gasteiger partial charge on any atom is 0.307 e. The molecule has 0 aliphatic heterocycles. The molecular weight excluding hydrogens is 535 g/mol. The average Bonchev–Trinajstić information content (AvgIpc) is 3.27. The summed E-state index contributed by atoms with van der Waals surface area (Å²) in [7, 11) is -3.44. The number of hydrogen-bond donors (Lipinski definition) is 2. The normalized spacial score (nSPS) is 32.6. The van der Waals surface area contributed by atoms with Crippen molar-refractivity contribution >= 4 is 35.9 Å². The number of halogens is 1. The van der Waals surface area contributed by atoms with Gasteiger partial charge in [-0.1, -0.05) is 61.9 Å². The van der Waals surface area contributed by atoms with E-state index in [0.29, 0.717) is 23.2 Å². The van der Waals surface area contributed by atoms with Crippen molar-refractivity contribution in [2.45, 2.75) is 69.6 Å². The summed E-state index contributed by atoms with van der Waals surface area (Å²) < 4.78 is 15.1. The fourth-order valence-electron chi connectivity index (χ4n) is 8.79. The average molecular weight is 573 g/mol. The molecule has 6 atom stereocenters. The first-order chi connectivity index (χ1) is 19.3. The highest BCUT2D eigenvalue weighted by atomic mass is 35.5. The molecule has 40 heavy (non-hydrogen) atoms. The monoisotopic (exact) mass is 572 g/mol. The van der Waals surface area contributed by atoms with E-state index >= 15 is 4.57 Å². The fraction of sp³-hybridized carbons (Fsp3) is 0.455. The first kappa shape index (κ1) is 26.3. The third-order valence-electron chi connectivity index (χ3n) is 10.8. The van der Waals surface area contributed by atoms with Crippen molar-refractivity contribution in [1.29, 1.82) is 0 Å². The number of benzene rings is 2. The largest absolute Gasteiger partial charge is 0.316 e. The Morgan fingerprint density at radius 1 is 0.875 bits per heavy atom. The molecule has 1 heterocycles. The number of alkyl halides is 1. The van der Waals surface area contributed by atoms with E-state index in [1.54, 1.807) is 5.57 Å². The zero-order valence-electron chi connectivity index (χ0n) is 23.3. The number of hydrogen-bond acceptors (Lipinski definition) is 3. The molecule has 5 nitrogen and oxygen atoms in total. The number of anilines is 2. The minimum atomic E-state index is -3.44. The van der Waals surface area contributed by atoms with E-state index in [-0.39, 0.29) is 16.2 Å². The molecule has 1 unspecified atom stereocenters. The summed E-state index contributed by atoms with van der Waals surface area (Å²) in [5.41, 5.74) is 6.31. The lowest BCUT2D eigenvalue weighted by molar-refractivity contribution is 0.000185. The minimum Gasteiger partial charge on any atom is -0.316 e. The molecule has 7 rings (SSSR count). The summed E-state index contributed by atoms with van der Waals surface area (Å²) in [6.45, 7) is 4.93. The Labute approximate surface area is 242 Å². The van der Waals surface area contributed by atoms with Crippen molar-refractivity contribution in [3.05, 3.63) is 89.6 Å². The van der Waals surface area contributed by atoms with Gasteiger partial charge in [-0.05, 0) is 109 Å². The van der Waals surface area contributed by atoms with Gasteiger partial charge in [0.25, 0.3) is 0 Å². The van der Waals surface area contributed by atoms with Crippen LogP contribution in [0.4, 0.5) is 11.4 Å². The van der Waals surface area contributed by atoms with Crippen LogP contribution in [0.2, 0.25) is 0 Å². The third kappa shape index (κ3) is 4.15. The zero-order valence-corrected chi connectivity index (χ0v) is 25.0. The van der Waals surface area contributed by atoms with Gasteiger partial charge in [-0.3, -0.25) is 4.57 Å². The Bertz CT molecular complexity index is 1450. The fourth-order valence-corrected chi connectivity index (χ4v) is 11.3. The lowest BCUT2D eigenvalue weighted by atomic mass is 9.48. The summed E-state index contributed by atoms with van der Waals surface area (Å²) in [5, 5.41) is 16.2. The van der Waals surface area contributed by atoms with Gasteiger partial charge in [0, 0.05) is 16.8 Å². The number of nitrogens with zero attached hydrogens (tertiary/aromatic N) is 2. The molecule has 0 spiro atoms. The van der Waals surface area contributed by atoms with E-state index in [2.05, 4.69) is 40.3 Å². The van der Waals surface area contributed by atoms with Crippen molar-refractivity contribution in [3.63, 3.8) is 0 Å². The quantitative estimate of drug-likeness (QED) is 0.184. The summed E-state index contributed by atoms with van der Waals surface area (Å²) in [5.74, 6) is 1.75. The van der Waals surface area contributed by atoms with E-state index < -0.39 is 7.44 Å².